The number of aryl methyl sites for hydroxylation is 1. The van der Waals surface area contributed by atoms with Crippen LogP contribution in [0.25, 0.3) is 10.9 Å². The predicted molar refractivity (Wildman–Crippen MR) is 89.4 cm³/mol. The molecule has 0 atom stereocenters. The zero-order valence-corrected chi connectivity index (χ0v) is 13.2. The van der Waals surface area contributed by atoms with Crippen molar-refractivity contribution in [3.8, 4) is 0 Å². The highest BCUT2D eigenvalue weighted by molar-refractivity contribution is 9.10. The number of hydrogen-bond acceptors (Lipinski definition) is 2. The van der Waals surface area contributed by atoms with Crippen molar-refractivity contribution in [3.63, 3.8) is 0 Å². The van der Waals surface area contributed by atoms with Crippen LogP contribution in [0, 0.1) is 0 Å². The molecule has 0 bridgehead atoms. The molecule has 0 saturated heterocycles. The van der Waals surface area contributed by atoms with Gasteiger partial charge >= 0.3 is 0 Å². The van der Waals surface area contributed by atoms with Crippen molar-refractivity contribution in [1.82, 2.24) is 9.55 Å². The Kier molecular flexibility index (Phi) is 3.00. The Bertz CT molecular complexity index is 835. The molecule has 3 nitrogen and oxygen atoms in total. The lowest BCUT2D eigenvalue weighted by molar-refractivity contribution is 0.763. The average molecular weight is 342 g/mol. The molecular formula is C17H16BrN3. The van der Waals surface area contributed by atoms with E-state index in [4.69, 9.17) is 5.73 Å². The van der Waals surface area contributed by atoms with E-state index in [0.29, 0.717) is 0 Å². The van der Waals surface area contributed by atoms with E-state index in [1.807, 2.05) is 18.5 Å². The Morgan fingerprint density at radius 1 is 1.24 bits per heavy atom. The van der Waals surface area contributed by atoms with Crippen molar-refractivity contribution in [2.24, 2.45) is 0 Å². The van der Waals surface area contributed by atoms with E-state index in [2.05, 4.69) is 43.7 Å². The molecule has 4 heteroatoms. The summed E-state index contributed by atoms with van der Waals surface area (Å²) in [5.74, 6) is 0. The summed E-state index contributed by atoms with van der Waals surface area (Å²) in [5.41, 5.74) is 12.3. The molecule has 0 saturated carbocycles. The maximum Gasteiger partial charge on any atom is 0.0491 e. The molecule has 2 N–H and O–H groups in total. The normalized spacial score (nSPS) is 13.8. The van der Waals surface area contributed by atoms with Crippen LogP contribution in [0.2, 0.25) is 0 Å². The summed E-state index contributed by atoms with van der Waals surface area (Å²) in [6.07, 6.45) is 7.28. The van der Waals surface area contributed by atoms with E-state index in [9.17, 15) is 0 Å². The van der Waals surface area contributed by atoms with Crippen molar-refractivity contribution < 1.29 is 0 Å². The number of nitrogens with zero attached hydrogens (tertiary/aromatic N) is 2. The number of fused-ring (bicyclic) bond motifs is 3. The number of anilines is 1. The molecule has 1 aromatic carbocycles. The summed E-state index contributed by atoms with van der Waals surface area (Å²) in [6.45, 7) is 0.874. The topological polar surface area (TPSA) is 43.8 Å². The second kappa shape index (κ2) is 4.88. The van der Waals surface area contributed by atoms with Gasteiger partial charge in [-0.25, -0.2) is 0 Å². The first-order valence-corrected chi connectivity index (χ1v) is 8.01. The number of hydrogen-bond donors (Lipinski definition) is 1. The molecule has 0 radical (unpaired) electrons. The van der Waals surface area contributed by atoms with Crippen LogP contribution in [0.15, 0.2) is 41.1 Å². The Balaban J connectivity index is 1.91. The predicted octanol–water partition coefficient (Wildman–Crippen LogP) is 3.92. The zero-order chi connectivity index (χ0) is 14.4. The third-order valence-corrected chi connectivity index (χ3v) is 5.05. The fourth-order valence-corrected chi connectivity index (χ4v) is 3.75. The summed E-state index contributed by atoms with van der Waals surface area (Å²) in [5, 5.41) is 1.33. The van der Waals surface area contributed by atoms with Crippen LogP contribution in [0.3, 0.4) is 0 Å². The van der Waals surface area contributed by atoms with Gasteiger partial charge in [0, 0.05) is 45.7 Å². The molecule has 1 aliphatic rings. The number of nitrogens with two attached hydrogens (primary N) is 1. The van der Waals surface area contributed by atoms with Gasteiger partial charge in [0.1, 0.15) is 0 Å². The largest absolute Gasteiger partial charge is 0.399 e. The van der Waals surface area contributed by atoms with Crippen LogP contribution >= 0.6 is 15.9 Å². The third-order valence-electron chi connectivity index (χ3n) is 4.34. The lowest BCUT2D eigenvalue weighted by Crippen LogP contribution is -2.04. The number of aromatic nitrogens is 2. The Hall–Kier alpha value is -1.81. The smallest absolute Gasteiger partial charge is 0.0491 e. The van der Waals surface area contributed by atoms with Gasteiger partial charge in [0.2, 0.25) is 0 Å². The molecule has 0 unspecified atom stereocenters. The van der Waals surface area contributed by atoms with Crippen LogP contribution in [0.1, 0.15) is 23.2 Å². The molecule has 0 amide bonds. The maximum atomic E-state index is 5.98. The highest BCUT2D eigenvalue weighted by atomic mass is 79.9. The van der Waals surface area contributed by atoms with E-state index in [-0.39, 0.29) is 0 Å². The first kappa shape index (κ1) is 12.9. The quantitative estimate of drug-likeness (QED) is 0.718. The Morgan fingerprint density at radius 2 is 2.14 bits per heavy atom. The summed E-state index contributed by atoms with van der Waals surface area (Å²) < 4.78 is 3.51. The molecule has 2 heterocycles. The molecule has 4 rings (SSSR count). The molecule has 2 aromatic heterocycles. The summed E-state index contributed by atoms with van der Waals surface area (Å²) >= 11 is 3.60. The number of rotatable bonds is 2. The van der Waals surface area contributed by atoms with Crippen molar-refractivity contribution in [2.45, 2.75) is 25.8 Å². The molecule has 3 aromatic rings. The molecule has 0 spiro atoms. The Morgan fingerprint density at radius 3 is 3.00 bits per heavy atom. The van der Waals surface area contributed by atoms with Gasteiger partial charge in [-0.1, -0.05) is 0 Å². The number of nitrogen functional groups attached to an aromatic ring is 1. The molecule has 0 fully saturated rings. The third kappa shape index (κ3) is 2.05. The van der Waals surface area contributed by atoms with Crippen LogP contribution < -0.4 is 5.73 Å². The Labute approximate surface area is 131 Å². The number of halogens is 1. The van der Waals surface area contributed by atoms with Crippen LogP contribution in [0.4, 0.5) is 5.69 Å². The maximum absolute atomic E-state index is 5.98. The highest BCUT2D eigenvalue weighted by Crippen LogP contribution is 2.35. The fourth-order valence-electron chi connectivity index (χ4n) is 3.38. The van der Waals surface area contributed by atoms with Gasteiger partial charge in [0.15, 0.2) is 0 Å². The second-order valence-electron chi connectivity index (χ2n) is 5.61. The van der Waals surface area contributed by atoms with Crippen LogP contribution in [0.5, 0.6) is 0 Å². The zero-order valence-electron chi connectivity index (χ0n) is 11.6. The fraction of sp³-hybridized carbons (Fsp3) is 0.235. The first-order chi connectivity index (χ1) is 10.2. The summed E-state index contributed by atoms with van der Waals surface area (Å²) in [6, 6.07) is 8.35. The highest BCUT2D eigenvalue weighted by Gasteiger charge is 2.21. The monoisotopic (exact) mass is 341 g/mol. The van der Waals surface area contributed by atoms with Gasteiger partial charge in [-0.3, -0.25) is 4.98 Å². The van der Waals surface area contributed by atoms with Crippen LogP contribution in [-0.4, -0.2) is 9.55 Å². The molecule has 106 valence electrons. The SMILES string of the molecule is Nc1ccc2c(c1)c1c(n2Cc2ccncc2Br)CCC1. The number of benzene rings is 1. The van der Waals surface area contributed by atoms with Gasteiger partial charge in [-0.15, -0.1) is 0 Å². The van der Waals surface area contributed by atoms with Crippen LogP contribution in [-0.2, 0) is 19.4 Å². The lowest BCUT2D eigenvalue weighted by atomic mass is 10.1. The molecule has 0 aliphatic heterocycles. The van der Waals surface area contributed by atoms with Crippen molar-refractivity contribution in [3.05, 3.63) is 58.0 Å². The molecule has 21 heavy (non-hydrogen) atoms. The van der Waals surface area contributed by atoms with Gasteiger partial charge in [0.05, 0.1) is 0 Å². The summed E-state index contributed by atoms with van der Waals surface area (Å²) in [7, 11) is 0. The second-order valence-corrected chi connectivity index (χ2v) is 6.46. The van der Waals surface area contributed by atoms with Gasteiger partial charge < -0.3 is 10.3 Å². The van der Waals surface area contributed by atoms with Crippen molar-refractivity contribution in [2.75, 3.05) is 5.73 Å². The van der Waals surface area contributed by atoms with E-state index in [1.54, 1.807) is 0 Å². The van der Waals surface area contributed by atoms with E-state index in [1.165, 1.54) is 40.6 Å². The van der Waals surface area contributed by atoms with Crippen molar-refractivity contribution in [1.29, 1.82) is 0 Å². The van der Waals surface area contributed by atoms with E-state index in [0.717, 1.165) is 23.1 Å². The molecular weight excluding hydrogens is 326 g/mol. The number of pyridine rings is 1. The standard InChI is InChI=1S/C17H16BrN3/c18-15-9-20-7-6-11(15)10-21-16-3-1-2-13(16)14-8-12(19)4-5-17(14)21/h4-9H,1-3,10,19H2. The average Bonchev–Trinajstić information content (AvgIpc) is 3.04. The lowest BCUT2D eigenvalue weighted by Gasteiger charge is -2.11. The molecule has 1 aliphatic carbocycles. The van der Waals surface area contributed by atoms with Gasteiger partial charge in [-0.05, 0) is 70.6 Å². The van der Waals surface area contributed by atoms with Gasteiger partial charge in [-0.2, -0.15) is 0 Å². The van der Waals surface area contributed by atoms with Crippen molar-refractivity contribution >= 4 is 32.5 Å². The minimum absolute atomic E-state index is 0.847. The minimum Gasteiger partial charge on any atom is -0.399 e. The van der Waals surface area contributed by atoms with Gasteiger partial charge in [0.25, 0.3) is 0 Å². The first-order valence-electron chi connectivity index (χ1n) is 7.22. The van der Waals surface area contributed by atoms with E-state index >= 15 is 0 Å². The van der Waals surface area contributed by atoms with E-state index < -0.39 is 0 Å². The summed E-state index contributed by atoms with van der Waals surface area (Å²) in [4.78, 5) is 4.15. The minimum atomic E-state index is 0.847.